The highest BCUT2D eigenvalue weighted by Gasteiger charge is 2.54. The van der Waals surface area contributed by atoms with Gasteiger partial charge in [0.05, 0.1) is 32.0 Å². The third-order valence-corrected chi connectivity index (χ3v) is 10.2. The third-order valence-electron chi connectivity index (χ3n) is 8.19. The largest absolute Gasteiger partial charge is 0.495 e. The predicted octanol–water partition coefficient (Wildman–Crippen LogP) is 4.73. The van der Waals surface area contributed by atoms with Gasteiger partial charge in [-0.3, -0.25) is 14.2 Å². The van der Waals surface area contributed by atoms with E-state index in [1.54, 1.807) is 56.0 Å². The molecule has 0 amide bonds. The van der Waals surface area contributed by atoms with Gasteiger partial charge in [-0.05, 0) is 67.1 Å². The summed E-state index contributed by atoms with van der Waals surface area (Å²) in [7, 11) is -0.987. The van der Waals surface area contributed by atoms with Crippen LogP contribution in [0.3, 0.4) is 0 Å². The summed E-state index contributed by atoms with van der Waals surface area (Å²) in [5, 5.41) is 0.517. The van der Waals surface area contributed by atoms with Crippen molar-refractivity contribution in [2.45, 2.75) is 17.4 Å². The lowest BCUT2D eigenvalue weighted by molar-refractivity contribution is 0.124. The number of anilines is 2. The van der Waals surface area contributed by atoms with Crippen LogP contribution >= 0.6 is 11.6 Å². The maximum atomic E-state index is 14.5. The number of aromatic nitrogens is 2. The van der Waals surface area contributed by atoms with Gasteiger partial charge in [-0.1, -0.05) is 17.7 Å². The highest BCUT2D eigenvalue weighted by Crippen LogP contribution is 2.52. The summed E-state index contributed by atoms with van der Waals surface area (Å²) < 4.78 is 41.8. The van der Waals surface area contributed by atoms with Crippen LogP contribution in [0.15, 0.2) is 84.1 Å². The Labute approximate surface area is 251 Å². The minimum atomic E-state index is -4.06. The van der Waals surface area contributed by atoms with Crippen LogP contribution < -0.4 is 18.7 Å². The van der Waals surface area contributed by atoms with E-state index < -0.39 is 15.6 Å². The Morgan fingerprint density at radius 2 is 1.64 bits per heavy atom. The Balaban J connectivity index is 1.51. The summed E-state index contributed by atoms with van der Waals surface area (Å²) in [5.74, 6) is 0.736. The number of hydrogen-bond donors (Lipinski definition) is 0. The first-order valence-electron chi connectivity index (χ1n) is 13.7. The Kier molecular flexibility index (Phi) is 7.46. The molecule has 0 bridgehead atoms. The first-order valence-corrected chi connectivity index (χ1v) is 15.5. The molecule has 4 heterocycles. The van der Waals surface area contributed by atoms with Crippen LogP contribution in [0, 0.1) is 6.92 Å². The van der Waals surface area contributed by atoms with Crippen molar-refractivity contribution >= 4 is 33.0 Å². The van der Waals surface area contributed by atoms with E-state index in [1.165, 1.54) is 11.4 Å². The molecule has 4 aromatic rings. The van der Waals surface area contributed by atoms with E-state index >= 15 is 0 Å². The van der Waals surface area contributed by atoms with Crippen LogP contribution in [0.1, 0.15) is 16.7 Å². The van der Waals surface area contributed by atoms with Crippen LogP contribution in [0.5, 0.6) is 11.6 Å². The molecule has 2 aliphatic rings. The van der Waals surface area contributed by atoms with E-state index in [1.807, 2.05) is 37.3 Å². The Morgan fingerprint density at radius 3 is 2.36 bits per heavy atom. The normalized spacial score (nSPS) is 19.0. The molecule has 1 atom stereocenters. The first-order chi connectivity index (χ1) is 20.3. The highest BCUT2D eigenvalue weighted by atomic mass is 35.5. The minimum absolute atomic E-state index is 0.105. The number of hydrogen-bond acceptors (Lipinski definition) is 8. The zero-order valence-electron chi connectivity index (χ0n) is 23.7. The van der Waals surface area contributed by atoms with Crippen molar-refractivity contribution < 1.29 is 17.9 Å². The average molecular weight is 606 g/mol. The molecule has 42 heavy (non-hydrogen) atoms. The van der Waals surface area contributed by atoms with Crippen LogP contribution in [0.25, 0.3) is 0 Å². The zero-order valence-corrected chi connectivity index (χ0v) is 25.3. The standard InChI is InChI=1S/C31H32ClN5O4S/c1-22-6-9-29(28(19-22)40-2)42(38,39)37-21-31(25-5-4-12-34-30(25)41-3,26-20-23(32)7-8-27(26)37)36-17-15-35(16-18-36)24-10-13-33-14-11-24/h4-14,19-20H,15-18,21H2,1-3H3. The van der Waals surface area contributed by atoms with E-state index in [-0.39, 0.29) is 11.4 Å². The van der Waals surface area contributed by atoms with Crippen molar-refractivity contribution in [3.8, 4) is 11.6 Å². The Bertz CT molecular complexity index is 1710. The summed E-state index contributed by atoms with van der Waals surface area (Å²) >= 11 is 6.63. The molecule has 2 aliphatic heterocycles. The number of rotatable bonds is 7. The number of benzene rings is 2. The molecule has 1 unspecified atom stereocenters. The van der Waals surface area contributed by atoms with Gasteiger partial charge in [0.2, 0.25) is 5.88 Å². The molecule has 9 nitrogen and oxygen atoms in total. The average Bonchev–Trinajstić information content (AvgIpc) is 3.37. The van der Waals surface area contributed by atoms with E-state index in [0.717, 1.165) is 35.5 Å². The Morgan fingerprint density at radius 1 is 0.881 bits per heavy atom. The molecule has 0 aliphatic carbocycles. The molecule has 1 fully saturated rings. The second-order valence-corrected chi connectivity index (χ2v) is 12.7. The fourth-order valence-electron chi connectivity index (χ4n) is 6.20. The fraction of sp³-hybridized carbons (Fsp3) is 0.290. The minimum Gasteiger partial charge on any atom is -0.495 e. The number of ether oxygens (including phenoxy) is 2. The molecule has 0 saturated carbocycles. The second-order valence-electron chi connectivity index (χ2n) is 10.4. The van der Waals surface area contributed by atoms with Gasteiger partial charge in [0.15, 0.2) is 0 Å². The van der Waals surface area contributed by atoms with Gasteiger partial charge in [0.1, 0.15) is 10.6 Å². The van der Waals surface area contributed by atoms with Gasteiger partial charge in [0.25, 0.3) is 10.0 Å². The molecule has 2 aromatic heterocycles. The Hall–Kier alpha value is -3.86. The van der Waals surface area contributed by atoms with E-state index in [4.69, 9.17) is 21.1 Å². The van der Waals surface area contributed by atoms with Crippen molar-refractivity contribution in [3.63, 3.8) is 0 Å². The SMILES string of the molecule is COc1cc(C)ccc1S(=O)(=O)N1CC(c2cccnc2OC)(N2CCN(c3ccncc3)CC2)c2cc(Cl)ccc21. The maximum Gasteiger partial charge on any atom is 0.268 e. The molecule has 6 rings (SSSR count). The predicted molar refractivity (Wildman–Crippen MR) is 163 cm³/mol. The van der Waals surface area contributed by atoms with Crippen LogP contribution in [0.2, 0.25) is 5.02 Å². The number of nitrogens with zero attached hydrogens (tertiary/aromatic N) is 5. The lowest BCUT2D eigenvalue weighted by atomic mass is 9.82. The number of pyridine rings is 2. The van der Waals surface area contributed by atoms with Crippen molar-refractivity contribution in [2.24, 2.45) is 0 Å². The van der Waals surface area contributed by atoms with Crippen LogP contribution in [-0.4, -0.2) is 70.2 Å². The summed E-state index contributed by atoms with van der Waals surface area (Å²) in [6.07, 6.45) is 5.26. The maximum absolute atomic E-state index is 14.5. The molecule has 2 aromatic carbocycles. The molecule has 0 radical (unpaired) electrons. The van der Waals surface area contributed by atoms with E-state index in [0.29, 0.717) is 35.4 Å². The van der Waals surface area contributed by atoms with E-state index in [9.17, 15) is 8.42 Å². The molecule has 0 N–H and O–H groups in total. The van der Waals surface area contributed by atoms with Gasteiger partial charge in [-0.25, -0.2) is 13.4 Å². The summed E-state index contributed by atoms with van der Waals surface area (Å²) in [6, 6.07) is 18.3. The number of sulfonamides is 1. The van der Waals surface area contributed by atoms with Gasteiger partial charge in [-0.15, -0.1) is 0 Å². The number of halogens is 1. The molecule has 218 valence electrons. The topological polar surface area (TPSA) is 88.1 Å². The van der Waals surface area contributed by atoms with Crippen molar-refractivity contribution in [1.29, 1.82) is 0 Å². The summed E-state index contributed by atoms with van der Waals surface area (Å²) in [5.41, 5.74) is 3.21. The molecular formula is C31H32ClN5O4S. The number of piperazine rings is 1. The summed E-state index contributed by atoms with van der Waals surface area (Å²) in [4.78, 5) is 13.4. The monoisotopic (exact) mass is 605 g/mol. The summed E-state index contributed by atoms with van der Waals surface area (Å²) in [6.45, 7) is 4.81. The van der Waals surface area contributed by atoms with Crippen LogP contribution in [-0.2, 0) is 15.6 Å². The molecule has 11 heteroatoms. The number of aryl methyl sites for hydroxylation is 1. The van der Waals surface area contributed by atoms with Gasteiger partial charge >= 0.3 is 0 Å². The molecule has 1 saturated heterocycles. The van der Waals surface area contributed by atoms with Crippen molar-refractivity contribution in [2.75, 3.05) is 56.1 Å². The van der Waals surface area contributed by atoms with Crippen molar-refractivity contribution in [3.05, 3.63) is 101 Å². The lowest BCUT2D eigenvalue weighted by Gasteiger charge is -2.47. The second kappa shape index (κ2) is 11.1. The van der Waals surface area contributed by atoms with Crippen molar-refractivity contribution in [1.82, 2.24) is 14.9 Å². The van der Waals surface area contributed by atoms with Gasteiger partial charge < -0.3 is 14.4 Å². The fourth-order valence-corrected chi connectivity index (χ4v) is 8.02. The molecule has 0 spiro atoms. The lowest BCUT2D eigenvalue weighted by Crippen LogP contribution is -2.58. The molecular weight excluding hydrogens is 574 g/mol. The number of methoxy groups -OCH3 is 2. The number of fused-ring (bicyclic) bond motifs is 1. The van der Waals surface area contributed by atoms with Gasteiger partial charge in [-0.2, -0.15) is 0 Å². The van der Waals surface area contributed by atoms with Gasteiger partial charge in [0, 0.05) is 66.6 Å². The first kappa shape index (κ1) is 28.3. The van der Waals surface area contributed by atoms with Crippen LogP contribution in [0.4, 0.5) is 11.4 Å². The smallest absolute Gasteiger partial charge is 0.268 e. The third kappa shape index (κ3) is 4.63. The quantitative estimate of drug-likeness (QED) is 0.299. The highest BCUT2D eigenvalue weighted by molar-refractivity contribution is 7.93. The zero-order chi connectivity index (χ0) is 29.5. The van der Waals surface area contributed by atoms with E-state index in [2.05, 4.69) is 19.8 Å².